The number of ketones is 1. The number of hydrogen-bond acceptors (Lipinski definition) is 1. The molecule has 2 aromatic carbocycles. The second kappa shape index (κ2) is 5.10. The number of carbonyl (C=O) groups excluding carboxylic acids is 1. The third-order valence-electron chi connectivity index (χ3n) is 2.63. The SMILES string of the molecule is C=CC(=O)c1c(F)cc(-c2cccc(F)c2)cc1F. The van der Waals surface area contributed by atoms with Crippen LogP contribution in [0, 0.1) is 17.5 Å². The minimum absolute atomic E-state index is 0.162. The molecule has 0 heterocycles. The summed E-state index contributed by atoms with van der Waals surface area (Å²) in [5.74, 6) is -3.33. The van der Waals surface area contributed by atoms with Crippen LogP contribution in [-0.2, 0) is 0 Å². The van der Waals surface area contributed by atoms with Gasteiger partial charge in [-0.3, -0.25) is 4.79 Å². The number of hydrogen-bond donors (Lipinski definition) is 0. The zero-order valence-electron chi connectivity index (χ0n) is 9.79. The van der Waals surface area contributed by atoms with E-state index in [0.29, 0.717) is 5.56 Å². The van der Waals surface area contributed by atoms with Gasteiger partial charge >= 0.3 is 0 Å². The van der Waals surface area contributed by atoms with Gasteiger partial charge in [0.25, 0.3) is 0 Å². The first-order chi connectivity index (χ1) is 9.02. The minimum atomic E-state index is -0.996. The Balaban J connectivity index is 2.57. The van der Waals surface area contributed by atoms with Crippen molar-refractivity contribution in [1.29, 1.82) is 0 Å². The maximum atomic E-state index is 13.7. The first-order valence-corrected chi connectivity index (χ1v) is 5.44. The van der Waals surface area contributed by atoms with Crippen molar-refractivity contribution in [2.45, 2.75) is 0 Å². The fourth-order valence-corrected chi connectivity index (χ4v) is 1.75. The van der Waals surface area contributed by atoms with Crippen molar-refractivity contribution in [3.63, 3.8) is 0 Å². The van der Waals surface area contributed by atoms with Crippen molar-refractivity contribution in [3.05, 3.63) is 72.1 Å². The Bertz CT molecular complexity index is 639. The van der Waals surface area contributed by atoms with Crippen LogP contribution in [-0.4, -0.2) is 5.78 Å². The molecule has 0 radical (unpaired) electrons. The second-order valence-corrected chi connectivity index (χ2v) is 3.89. The molecular weight excluding hydrogens is 253 g/mol. The van der Waals surface area contributed by atoms with E-state index >= 15 is 0 Å². The van der Waals surface area contributed by atoms with Gasteiger partial charge < -0.3 is 0 Å². The molecule has 0 saturated carbocycles. The molecule has 2 rings (SSSR count). The van der Waals surface area contributed by atoms with E-state index in [9.17, 15) is 18.0 Å². The minimum Gasteiger partial charge on any atom is -0.289 e. The Hall–Kier alpha value is -2.36. The van der Waals surface area contributed by atoms with E-state index in [2.05, 4.69) is 6.58 Å². The molecule has 1 nitrogen and oxygen atoms in total. The van der Waals surface area contributed by atoms with E-state index in [0.717, 1.165) is 24.3 Å². The van der Waals surface area contributed by atoms with Gasteiger partial charge in [0, 0.05) is 0 Å². The van der Waals surface area contributed by atoms with E-state index in [4.69, 9.17) is 0 Å². The van der Waals surface area contributed by atoms with Crippen LogP contribution in [0.1, 0.15) is 10.4 Å². The maximum absolute atomic E-state index is 13.7. The van der Waals surface area contributed by atoms with Gasteiger partial charge in [0.05, 0.1) is 5.56 Å². The summed E-state index contributed by atoms with van der Waals surface area (Å²) < 4.78 is 40.5. The van der Waals surface area contributed by atoms with Gasteiger partial charge in [0.15, 0.2) is 5.78 Å². The van der Waals surface area contributed by atoms with Gasteiger partial charge in [-0.1, -0.05) is 18.7 Å². The van der Waals surface area contributed by atoms with Crippen LogP contribution in [0.3, 0.4) is 0 Å². The Morgan fingerprint density at radius 1 is 1.00 bits per heavy atom. The van der Waals surface area contributed by atoms with Gasteiger partial charge in [0.1, 0.15) is 17.5 Å². The van der Waals surface area contributed by atoms with Crippen molar-refractivity contribution < 1.29 is 18.0 Å². The van der Waals surface area contributed by atoms with Crippen LogP contribution >= 0.6 is 0 Å². The topological polar surface area (TPSA) is 17.1 Å². The summed E-state index contributed by atoms with van der Waals surface area (Å²) in [5, 5.41) is 0. The Labute approximate surface area is 108 Å². The summed E-state index contributed by atoms with van der Waals surface area (Å²) >= 11 is 0. The molecule has 2 aromatic rings. The lowest BCUT2D eigenvalue weighted by atomic mass is 10.0. The summed E-state index contributed by atoms with van der Waals surface area (Å²) in [7, 11) is 0. The molecule has 19 heavy (non-hydrogen) atoms. The Morgan fingerprint density at radius 2 is 1.63 bits per heavy atom. The van der Waals surface area contributed by atoms with Crippen LogP contribution < -0.4 is 0 Å². The highest BCUT2D eigenvalue weighted by Crippen LogP contribution is 2.25. The van der Waals surface area contributed by atoms with E-state index in [1.54, 1.807) is 0 Å². The Kier molecular flexibility index (Phi) is 3.51. The van der Waals surface area contributed by atoms with Crippen molar-refractivity contribution in [3.8, 4) is 11.1 Å². The third-order valence-corrected chi connectivity index (χ3v) is 2.63. The maximum Gasteiger partial charge on any atom is 0.191 e. The van der Waals surface area contributed by atoms with Crippen LogP contribution in [0.2, 0.25) is 0 Å². The lowest BCUT2D eigenvalue weighted by molar-refractivity contribution is 0.103. The van der Waals surface area contributed by atoms with Crippen molar-refractivity contribution in [2.75, 3.05) is 0 Å². The van der Waals surface area contributed by atoms with Crippen LogP contribution in [0.5, 0.6) is 0 Å². The molecule has 0 fully saturated rings. The largest absolute Gasteiger partial charge is 0.289 e. The average Bonchev–Trinajstić information content (AvgIpc) is 2.37. The van der Waals surface area contributed by atoms with Gasteiger partial charge in [-0.2, -0.15) is 0 Å². The van der Waals surface area contributed by atoms with Crippen molar-refractivity contribution in [1.82, 2.24) is 0 Å². The van der Waals surface area contributed by atoms with E-state index in [1.165, 1.54) is 18.2 Å². The van der Waals surface area contributed by atoms with Gasteiger partial charge in [-0.15, -0.1) is 0 Å². The van der Waals surface area contributed by atoms with Gasteiger partial charge in [-0.05, 0) is 41.5 Å². The number of halogens is 3. The zero-order chi connectivity index (χ0) is 14.0. The standard InChI is InChI=1S/C15H9F3O/c1-2-14(19)15-12(17)7-10(8-13(15)18)9-4-3-5-11(16)6-9/h2-8H,1H2. The zero-order valence-corrected chi connectivity index (χ0v) is 9.79. The summed E-state index contributed by atoms with van der Waals surface area (Å²) in [6.45, 7) is 3.18. The summed E-state index contributed by atoms with van der Waals surface area (Å²) in [6.07, 6.45) is 0.837. The van der Waals surface area contributed by atoms with E-state index < -0.39 is 28.8 Å². The molecule has 0 N–H and O–H groups in total. The molecule has 0 aliphatic carbocycles. The van der Waals surface area contributed by atoms with Crippen LogP contribution in [0.15, 0.2) is 49.1 Å². The summed E-state index contributed by atoms with van der Waals surface area (Å²) in [4.78, 5) is 11.3. The normalized spacial score (nSPS) is 10.3. The van der Waals surface area contributed by atoms with Gasteiger partial charge in [-0.25, -0.2) is 13.2 Å². The number of benzene rings is 2. The highest BCUT2D eigenvalue weighted by Gasteiger charge is 2.16. The lowest BCUT2D eigenvalue weighted by Crippen LogP contribution is -2.03. The first-order valence-electron chi connectivity index (χ1n) is 5.44. The third kappa shape index (κ3) is 2.57. The predicted octanol–water partition coefficient (Wildman–Crippen LogP) is 4.14. The lowest BCUT2D eigenvalue weighted by Gasteiger charge is -2.06. The molecule has 4 heteroatoms. The van der Waals surface area contributed by atoms with Crippen LogP contribution in [0.25, 0.3) is 11.1 Å². The molecular formula is C15H9F3O. The van der Waals surface area contributed by atoms with E-state index in [1.807, 2.05) is 0 Å². The summed E-state index contributed by atoms with van der Waals surface area (Å²) in [5.41, 5.74) is -0.166. The number of carbonyl (C=O) groups is 1. The molecule has 96 valence electrons. The van der Waals surface area contributed by atoms with Crippen molar-refractivity contribution in [2.24, 2.45) is 0 Å². The smallest absolute Gasteiger partial charge is 0.191 e. The number of allylic oxidation sites excluding steroid dienone is 1. The highest BCUT2D eigenvalue weighted by molar-refractivity contribution is 6.04. The number of rotatable bonds is 3. The molecule has 0 aromatic heterocycles. The summed E-state index contributed by atoms with van der Waals surface area (Å²) in [6, 6.07) is 7.33. The molecule has 0 aliphatic heterocycles. The second-order valence-electron chi connectivity index (χ2n) is 3.89. The molecule has 0 aliphatic rings. The molecule has 0 unspecified atom stereocenters. The molecule has 0 amide bonds. The monoisotopic (exact) mass is 262 g/mol. The average molecular weight is 262 g/mol. The predicted molar refractivity (Wildman–Crippen MR) is 66.3 cm³/mol. The molecule has 0 saturated heterocycles. The van der Waals surface area contributed by atoms with Crippen molar-refractivity contribution >= 4 is 5.78 Å². The van der Waals surface area contributed by atoms with Crippen LogP contribution in [0.4, 0.5) is 13.2 Å². The van der Waals surface area contributed by atoms with E-state index in [-0.39, 0.29) is 5.56 Å². The molecule has 0 atom stereocenters. The highest BCUT2D eigenvalue weighted by atomic mass is 19.1. The quantitative estimate of drug-likeness (QED) is 0.600. The first kappa shape index (κ1) is 13.1. The fourth-order valence-electron chi connectivity index (χ4n) is 1.75. The Morgan fingerprint density at radius 3 is 2.16 bits per heavy atom. The molecule has 0 spiro atoms. The molecule has 0 bridgehead atoms. The van der Waals surface area contributed by atoms with Gasteiger partial charge in [0.2, 0.25) is 0 Å². The fraction of sp³-hybridized carbons (Fsp3) is 0.